The molecule has 0 bridgehead atoms. The van der Waals surface area contributed by atoms with Gasteiger partial charge in [0.05, 0.1) is 30.4 Å². The smallest absolute Gasteiger partial charge is 0.179 e. The van der Waals surface area contributed by atoms with Crippen LogP contribution in [0.25, 0.3) is 22.3 Å². The number of nitriles is 1. The van der Waals surface area contributed by atoms with E-state index >= 15 is 0 Å². The number of aryl methyl sites for hydroxylation is 1. The van der Waals surface area contributed by atoms with Crippen molar-refractivity contribution in [1.82, 2.24) is 24.5 Å². The van der Waals surface area contributed by atoms with Gasteiger partial charge in [-0.15, -0.1) is 5.16 Å². The molecule has 0 aliphatic heterocycles. The Morgan fingerprint density at radius 3 is 2.91 bits per heavy atom. The minimum Gasteiger partial charge on any atom is -0.413 e. The van der Waals surface area contributed by atoms with Crippen LogP contribution in [-0.2, 0) is 0 Å². The van der Waals surface area contributed by atoms with Gasteiger partial charge in [-0.05, 0) is 50.1 Å². The summed E-state index contributed by atoms with van der Waals surface area (Å²) in [7, 11) is -1.19. The normalized spacial score (nSPS) is 19.6. The van der Waals surface area contributed by atoms with Crippen LogP contribution < -0.4 is 4.84 Å². The monoisotopic (exact) mass is 479 g/mol. The van der Waals surface area contributed by atoms with Gasteiger partial charge < -0.3 is 10.0 Å². The minimum absolute atomic E-state index is 0.0243. The fraction of sp³-hybridized carbons (Fsp3) is 0.542. The highest BCUT2D eigenvalue weighted by Crippen LogP contribution is 2.39. The van der Waals surface area contributed by atoms with Crippen molar-refractivity contribution in [2.24, 2.45) is 17.0 Å². The van der Waals surface area contributed by atoms with E-state index in [2.05, 4.69) is 40.9 Å². The Kier molecular flexibility index (Phi) is 7.02. The number of rotatable bonds is 9. The fourth-order valence-electron chi connectivity index (χ4n) is 4.72. The maximum absolute atomic E-state index is 9.46. The Balaban J connectivity index is 1.60. The molecular formula is C24H33N7O2Si. The molecule has 3 heterocycles. The van der Waals surface area contributed by atoms with E-state index in [1.54, 1.807) is 10.9 Å². The van der Waals surface area contributed by atoms with Crippen LogP contribution in [0.1, 0.15) is 37.5 Å². The predicted molar refractivity (Wildman–Crippen MR) is 133 cm³/mol. The maximum atomic E-state index is 9.46. The van der Waals surface area contributed by atoms with Crippen LogP contribution in [0.2, 0.25) is 25.7 Å². The molecule has 180 valence electrons. The van der Waals surface area contributed by atoms with E-state index in [4.69, 9.17) is 15.0 Å². The van der Waals surface area contributed by atoms with Crippen molar-refractivity contribution in [2.45, 2.75) is 64.3 Å². The number of oxime groups is 1. The summed E-state index contributed by atoms with van der Waals surface area (Å²) >= 11 is 0. The number of nitrogens with zero attached hydrogens (tertiary/aromatic N) is 7. The summed E-state index contributed by atoms with van der Waals surface area (Å²) in [4.78, 5) is 15.4. The van der Waals surface area contributed by atoms with Gasteiger partial charge in [-0.25, -0.2) is 9.97 Å². The number of fused-ring (bicyclic) bond motifs is 1. The molecule has 3 unspecified atom stereocenters. The molecule has 9 nitrogen and oxygen atoms in total. The van der Waals surface area contributed by atoms with Crippen molar-refractivity contribution < 1.29 is 10.0 Å². The third-order valence-corrected chi connectivity index (χ3v) is 8.26. The van der Waals surface area contributed by atoms with E-state index in [0.29, 0.717) is 24.8 Å². The van der Waals surface area contributed by atoms with Gasteiger partial charge >= 0.3 is 0 Å². The Bertz CT molecular complexity index is 1200. The lowest BCUT2D eigenvalue weighted by Crippen LogP contribution is -2.25. The average Bonchev–Trinajstić information content (AvgIpc) is 3.52. The van der Waals surface area contributed by atoms with E-state index in [1.165, 1.54) is 0 Å². The van der Waals surface area contributed by atoms with Gasteiger partial charge in [0.15, 0.2) is 5.65 Å². The zero-order valence-corrected chi connectivity index (χ0v) is 21.3. The Labute approximate surface area is 201 Å². The zero-order chi connectivity index (χ0) is 24.3. The quantitative estimate of drug-likeness (QED) is 0.206. The lowest BCUT2D eigenvalue weighted by molar-refractivity contribution is 0.130. The summed E-state index contributed by atoms with van der Waals surface area (Å²) < 4.78 is 3.66. The molecule has 1 saturated carbocycles. The summed E-state index contributed by atoms with van der Waals surface area (Å²) in [5.74, 6) is 1.22. The first kappa shape index (κ1) is 23.9. The van der Waals surface area contributed by atoms with Gasteiger partial charge in [-0.2, -0.15) is 15.1 Å². The predicted octanol–water partition coefficient (Wildman–Crippen LogP) is 4.70. The van der Waals surface area contributed by atoms with Crippen LogP contribution in [-0.4, -0.2) is 50.6 Å². The van der Waals surface area contributed by atoms with Crippen molar-refractivity contribution in [3.63, 3.8) is 0 Å². The Morgan fingerprint density at radius 1 is 1.35 bits per heavy atom. The van der Waals surface area contributed by atoms with Crippen LogP contribution in [0, 0.1) is 30.1 Å². The number of aromatic nitrogens is 5. The van der Waals surface area contributed by atoms with E-state index in [1.807, 2.05) is 36.3 Å². The van der Waals surface area contributed by atoms with Gasteiger partial charge in [0.25, 0.3) is 0 Å². The summed E-state index contributed by atoms with van der Waals surface area (Å²) in [6.45, 7) is 9.54. The average molecular weight is 480 g/mol. The standard InChI is InChI=1S/C24H33N7O2Si/c1-17-28-23(21-8-10-31(24(21)29-17)33-11-12-34(2,3)4)20-15-26-30(16-20)22(7-9-25)19-6-5-18(13-19)14-27-32/h8,10,14-16,18-19,22,32H,5-7,11-13H2,1-4H3. The van der Waals surface area contributed by atoms with E-state index in [0.717, 1.165) is 47.6 Å². The molecule has 0 saturated heterocycles. The third-order valence-electron chi connectivity index (χ3n) is 6.56. The van der Waals surface area contributed by atoms with Gasteiger partial charge in [0.2, 0.25) is 0 Å². The molecule has 10 heteroatoms. The van der Waals surface area contributed by atoms with E-state index in [9.17, 15) is 5.26 Å². The first-order valence-corrected chi connectivity index (χ1v) is 15.6. The second-order valence-electron chi connectivity index (χ2n) is 10.4. The fourth-order valence-corrected chi connectivity index (χ4v) is 5.42. The Hall–Kier alpha value is -3.19. The second-order valence-corrected chi connectivity index (χ2v) is 16.0. The van der Waals surface area contributed by atoms with Crippen LogP contribution in [0.4, 0.5) is 0 Å². The van der Waals surface area contributed by atoms with Crippen molar-refractivity contribution in [3.05, 3.63) is 30.5 Å². The van der Waals surface area contributed by atoms with E-state index in [-0.39, 0.29) is 12.0 Å². The Morgan fingerprint density at radius 2 is 2.18 bits per heavy atom. The molecule has 1 aliphatic rings. The minimum atomic E-state index is -1.19. The molecule has 1 fully saturated rings. The van der Waals surface area contributed by atoms with Crippen LogP contribution in [0.15, 0.2) is 29.8 Å². The zero-order valence-electron chi connectivity index (χ0n) is 20.3. The number of hydrogen-bond donors (Lipinski definition) is 1. The van der Waals surface area contributed by atoms with Gasteiger partial charge in [-0.1, -0.05) is 19.6 Å². The molecule has 4 rings (SSSR count). The third kappa shape index (κ3) is 5.30. The maximum Gasteiger partial charge on any atom is 0.179 e. The SMILES string of the molecule is Cc1nc(-c2cnn(C(CC#N)C3CCC(C=NO)C3)c2)c2ccn(OCC[Si](C)(C)C)c2n1. The lowest BCUT2D eigenvalue weighted by atomic mass is 9.95. The molecule has 3 aromatic rings. The molecule has 1 aliphatic carbocycles. The van der Waals surface area contributed by atoms with Gasteiger partial charge in [0.1, 0.15) is 12.4 Å². The summed E-state index contributed by atoms with van der Waals surface area (Å²) in [5, 5.41) is 27.1. The van der Waals surface area contributed by atoms with E-state index < -0.39 is 8.07 Å². The molecule has 0 aromatic carbocycles. The molecule has 0 spiro atoms. The number of hydrogen-bond acceptors (Lipinski definition) is 7. The highest BCUT2D eigenvalue weighted by molar-refractivity contribution is 6.76. The van der Waals surface area contributed by atoms with Gasteiger partial charge in [-0.3, -0.25) is 4.68 Å². The molecule has 3 atom stereocenters. The highest BCUT2D eigenvalue weighted by atomic mass is 28.3. The van der Waals surface area contributed by atoms with Crippen molar-refractivity contribution in [2.75, 3.05) is 6.61 Å². The first-order valence-electron chi connectivity index (χ1n) is 11.9. The highest BCUT2D eigenvalue weighted by Gasteiger charge is 2.32. The van der Waals surface area contributed by atoms with Crippen molar-refractivity contribution >= 4 is 25.3 Å². The van der Waals surface area contributed by atoms with Crippen molar-refractivity contribution in [3.8, 4) is 17.3 Å². The summed E-state index contributed by atoms with van der Waals surface area (Å²) in [5.41, 5.74) is 2.46. The molecular weight excluding hydrogens is 446 g/mol. The van der Waals surface area contributed by atoms with Crippen LogP contribution in [0.3, 0.4) is 0 Å². The summed E-state index contributed by atoms with van der Waals surface area (Å²) in [6.07, 6.45) is 10.5. The topological polar surface area (TPSA) is 114 Å². The molecule has 3 aromatic heterocycles. The second kappa shape index (κ2) is 9.97. The van der Waals surface area contributed by atoms with Crippen LogP contribution >= 0.6 is 0 Å². The molecule has 1 N–H and O–H groups in total. The molecule has 0 amide bonds. The van der Waals surface area contributed by atoms with Crippen LogP contribution in [0.5, 0.6) is 0 Å². The molecule has 34 heavy (non-hydrogen) atoms. The summed E-state index contributed by atoms with van der Waals surface area (Å²) in [6, 6.07) is 5.36. The lowest BCUT2D eigenvalue weighted by Gasteiger charge is -2.21. The first-order chi connectivity index (χ1) is 16.3. The molecule has 0 radical (unpaired) electrons. The largest absolute Gasteiger partial charge is 0.413 e. The van der Waals surface area contributed by atoms with Gasteiger partial charge in [0, 0.05) is 37.6 Å². The van der Waals surface area contributed by atoms with Crippen molar-refractivity contribution in [1.29, 1.82) is 5.26 Å².